The first-order valence-electron chi connectivity index (χ1n) is 8.71. The Morgan fingerprint density at radius 2 is 2.08 bits per heavy atom. The Labute approximate surface area is 152 Å². The normalized spacial score (nSPS) is 14.6. The minimum Gasteiger partial charge on any atom is -0.497 e. The molecule has 0 radical (unpaired) electrons. The molecule has 1 fully saturated rings. The van der Waals surface area contributed by atoms with E-state index in [2.05, 4.69) is 15.7 Å². The summed E-state index contributed by atoms with van der Waals surface area (Å²) in [7, 11) is 3.35. The van der Waals surface area contributed by atoms with Crippen molar-refractivity contribution >= 4 is 17.6 Å². The van der Waals surface area contributed by atoms with E-state index in [1.54, 1.807) is 20.2 Å². The molecule has 0 aliphatic heterocycles. The SMILES string of the molecule is COc1cccc(C[C@H](NC(=O)C(=O)Nc2cc(C)nn2C)C2CC2)c1. The van der Waals surface area contributed by atoms with Crippen molar-refractivity contribution in [2.75, 3.05) is 12.4 Å². The smallest absolute Gasteiger partial charge is 0.314 e. The van der Waals surface area contributed by atoms with Crippen LogP contribution >= 0.6 is 0 Å². The molecule has 0 unspecified atom stereocenters. The summed E-state index contributed by atoms with van der Waals surface area (Å²) < 4.78 is 6.79. The highest BCUT2D eigenvalue weighted by Crippen LogP contribution is 2.34. The summed E-state index contributed by atoms with van der Waals surface area (Å²) in [4.78, 5) is 24.6. The van der Waals surface area contributed by atoms with Crippen LogP contribution in [-0.4, -0.2) is 34.7 Å². The van der Waals surface area contributed by atoms with Crippen LogP contribution in [0, 0.1) is 12.8 Å². The number of carbonyl (C=O) groups excluding carboxylic acids is 2. The molecule has 0 bridgehead atoms. The predicted molar refractivity (Wildman–Crippen MR) is 97.9 cm³/mol. The first-order chi connectivity index (χ1) is 12.5. The molecule has 0 saturated heterocycles. The summed E-state index contributed by atoms with van der Waals surface area (Å²) in [6.45, 7) is 1.83. The predicted octanol–water partition coefficient (Wildman–Crippen LogP) is 1.81. The number of methoxy groups -OCH3 is 1. The van der Waals surface area contributed by atoms with Gasteiger partial charge in [0.1, 0.15) is 11.6 Å². The summed E-state index contributed by atoms with van der Waals surface area (Å²) >= 11 is 0. The zero-order valence-corrected chi connectivity index (χ0v) is 15.3. The molecule has 2 N–H and O–H groups in total. The summed E-state index contributed by atoms with van der Waals surface area (Å²) in [5.74, 6) is 0.399. The third-order valence-electron chi connectivity index (χ3n) is 4.55. The number of carbonyl (C=O) groups is 2. The number of hydrogen-bond acceptors (Lipinski definition) is 4. The van der Waals surface area contributed by atoms with E-state index in [4.69, 9.17) is 4.74 Å². The van der Waals surface area contributed by atoms with Crippen molar-refractivity contribution in [1.29, 1.82) is 0 Å². The van der Waals surface area contributed by atoms with Gasteiger partial charge in [-0.15, -0.1) is 0 Å². The zero-order chi connectivity index (χ0) is 18.7. The van der Waals surface area contributed by atoms with E-state index in [9.17, 15) is 9.59 Å². The molecule has 138 valence electrons. The lowest BCUT2D eigenvalue weighted by atomic mass is 10.0. The number of ether oxygens (including phenoxy) is 1. The van der Waals surface area contributed by atoms with Crippen molar-refractivity contribution in [1.82, 2.24) is 15.1 Å². The maximum Gasteiger partial charge on any atom is 0.314 e. The van der Waals surface area contributed by atoms with Crippen molar-refractivity contribution < 1.29 is 14.3 Å². The molecule has 0 spiro atoms. The van der Waals surface area contributed by atoms with Gasteiger partial charge in [0.25, 0.3) is 0 Å². The topological polar surface area (TPSA) is 85.2 Å². The van der Waals surface area contributed by atoms with Gasteiger partial charge in [0, 0.05) is 19.2 Å². The molecule has 26 heavy (non-hydrogen) atoms. The maximum atomic E-state index is 12.3. The summed E-state index contributed by atoms with van der Waals surface area (Å²) in [6.07, 6.45) is 2.81. The Morgan fingerprint density at radius 3 is 2.69 bits per heavy atom. The number of benzene rings is 1. The molecule has 2 aromatic rings. The maximum absolute atomic E-state index is 12.3. The Bertz CT molecular complexity index is 811. The fourth-order valence-electron chi connectivity index (χ4n) is 3.02. The third-order valence-corrected chi connectivity index (χ3v) is 4.55. The number of amides is 2. The molecule has 7 heteroatoms. The molecule has 1 atom stereocenters. The largest absolute Gasteiger partial charge is 0.497 e. The fraction of sp³-hybridized carbons (Fsp3) is 0.421. The average molecular weight is 356 g/mol. The summed E-state index contributed by atoms with van der Waals surface area (Å²) in [6, 6.07) is 9.44. The lowest BCUT2D eigenvalue weighted by molar-refractivity contribution is -0.136. The van der Waals surface area contributed by atoms with Gasteiger partial charge in [-0.3, -0.25) is 14.3 Å². The molecule has 2 amide bonds. The molecule has 1 aliphatic carbocycles. The molecular weight excluding hydrogens is 332 g/mol. The van der Waals surface area contributed by atoms with Crippen LogP contribution in [0.5, 0.6) is 5.75 Å². The van der Waals surface area contributed by atoms with Crippen LogP contribution < -0.4 is 15.4 Å². The van der Waals surface area contributed by atoms with Crippen LogP contribution in [0.25, 0.3) is 0 Å². The standard InChI is InChI=1S/C19H24N4O3/c1-12-9-17(23(2)22-12)21-19(25)18(24)20-16(14-7-8-14)11-13-5-4-6-15(10-13)26-3/h4-6,9-10,14,16H,7-8,11H2,1-3H3,(H,20,24)(H,21,25)/t16-/m0/s1. The number of anilines is 1. The Balaban J connectivity index is 1.63. The van der Waals surface area contributed by atoms with Crippen LogP contribution in [0.2, 0.25) is 0 Å². The minimum atomic E-state index is -0.677. The highest BCUT2D eigenvalue weighted by Gasteiger charge is 2.33. The van der Waals surface area contributed by atoms with Gasteiger partial charge in [-0.2, -0.15) is 5.10 Å². The van der Waals surface area contributed by atoms with Crippen LogP contribution in [0.15, 0.2) is 30.3 Å². The van der Waals surface area contributed by atoms with Crippen molar-refractivity contribution in [2.24, 2.45) is 13.0 Å². The molecule has 1 heterocycles. The van der Waals surface area contributed by atoms with Crippen LogP contribution in [0.1, 0.15) is 24.1 Å². The van der Waals surface area contributed by atoms with E-state index < -0.39 is 11.8 Å². The van der Waals surface area contributed by atoms with Crippen LogP contribution in [0.4, 0.5) is 5.82 Å². The highest BCUT2D eigenvalue weighted by molar-refractivity contribution is 6.39. The van der Waals surface area contributed by atoms with E-state index in [-0.39, 0.29) is 6.04 Å². The van der Waals surface area contributed by atoms with E-state index >= 15 is 0 Å². The number of aryl methyl sites for hydroxylation is 2. The third kappa shape index (κ3) is 4.41. The molecule has 1 aromatic heterocycles. The van der Waals surface area contributed by atoms with Gasteiger partial charge in [-0.05, 0) is 49.8 Å². The first kappa shape index (κ1) is 18.0. The molecule has 1 aliphatic rings. The molecule has 1 aromatic carbocycles. The van der Waals surface area contributed by atoms with Gasteiger partial charge in [0.2, 0.25) is 0 Å². The second-order valence-corrected chi connectivity index (χ2v) is 6.72. The average Bonchev–Trinajstić information content (AvgIpc) is 3.40. The lowest BCUT2D eigenvalue weighted by Gasteiger charge is -2.18. The Kier molecular flexibility index (Phi) is 5.25. The van der Waals surface area contributed by atoms with E-state index in [0.717, 1.165) is 29.8 Å². The fourth-order valence-corrected chi connectivity index (χ4v) is 3.02. The quantitative estimate of drug-likeness (QED) is 0.773. The van der Waals surface area contributed by atoms with Crippen molar-refractivity contribution in [2.45, 2.75) is 32.2 Å². The number of nitrogens with zero attached hydrogens (tertiary/aromatic N) is 2. The second-order valence-electron chi connectivity index (χ2n) is 6.72. The van der Waals surface area contributed by atoms with Crippen molar-refractivity contribution in [3.63, 3.8) is 0 Å². The number of aromatic nitrogens is 2. The van der Waals surface area contributed by atoms with E-state index in [1.807, 2.05) is 31.2 Å². The lowest BCUT2D eigenvalue weighted by Crippen LogP contribution is -2.44. The van der Waals surface area contributed by atoms with E-state index in [0.29, 0.717) is 18.2 Å². The minimum absolute atomic E-state index is 0.0615. The number of nitrogens with one attached hydrogen (secondary N) is 2. The summed E-state index contributed by atoms with van der Waals surface area (Å²) in [5, 5.41) is 9.65. The van der Waals surface area contributed by atoms with Gasteiger partial charge in [0.05, 0.1) is 12.8 Å². The first-order valence-corrected chi connectivity index (χ1v) is 8.71. The van der Waals surface area contributed by atoms with Gasteiger partial charge in [-0.1, -0.05) is 12.1 Å². The molecule has 3 rings (SSSR count). The van der Waals surface area contributed by atoms with Crippen LogP contribution in [0.3, 0.4) is 0 Å². The monoisotopic (exact) mass is 356 g/mol. The molecular formula is C19H24N4O3. The highest BCUT2D eigenvalue weighted by atomic mass is 16.5. The van der Waals surface area contributed by atoms with Gasteiger partial charge in [0.15, 0.2) is 0 Å². The Hall–Kier alpha value is -2.83. The summed E-state index contributed by atoms with van der Waals surface area (Å²) in [5.41, 5.74) is 1.85. The van der Waals surface area contributed by atoms with Crippen LogP contribution in [-0.2, 0) is 23.1 Å². The van der Waals surface area contributed by atoms with Crippen molar-refractivity contribution in [3.05, 3.63) is 41.6 Å². The van der Waals surface area contributed by atoms with Gasteiger partial charge >= 0.3 is 11.8 Å². The number of rotatable bonds is 6. The van der Waals surface area contributed by atoms with Crippen molar-refractivity contribution in [3.8, 4) is 5.75 Å². The van der Waals surface area contributed by atoms with Gasteiger partial charge < -0.3 is 15.4 Å². The zero-order valence-electron chi connectivity index (χ0n) is 15.3. The second kappa shape index (κ2) is 7.59. The Morgan fingerprint density at radius 1 is 1.31 bits per heavy atom. The molecule has 7 nitrogen and oxygen atoms in total. The molecule has 1 saturated carbocycles. The number of hydrogen-bond donors (Lipinski definition) is 2. The van der Waals surface area contributed by atoms with E-state index in [1.165, 1.54) is 4.68 Å². The van der Waals surface area contributed by atoms with Gasteiger partial charge in [-0.25, -0.2) is 0 Å².